The molecular weight excluding hydrogens is 254 g/mol. The van der Waals surface area contributed by atoms with Gasteiger partial charge in [-0.2, -0.15) is 0 Å². The molecule has 0 spiro atoms. The molecule has 0 fully saturated rings. The summed E-state index contributed by atoms with van der Waals surface area (Å²) >= 11 is 7.55. The highest BCUT2D eigenvalue weighted by Crippen LogP contribution is 2.26. The third kappa shape index (κ3) is 3.36. The number of pyridine rings is 1. The predicted molar refractivity (Wildman–Crippen MR) is 73.1 cm³/mol. The number of rotatable bonds is 4. The van der Waals surface area contributed by atoms with Crippen molar-refractivity contribution < 1.29 is 0 Å². The second-order valence-corrected chi connectivity index (χ2v) is 4.88. The van der Waals surface area contributed by atoms with E-state index >= 15 is 0 Å². The molecule has 0 saturated heterocycles. The molecule has 1 aromatic carbocycles. The molecule has 0 aliphatic rings. The van der Waals surface area contributed by atoms with Crippen molar-refractivity contribution in [3.63, 3.8) is 0 Å². The Morgan fingerprint density at radius 1 is 1.24 bits per heavy atom. The highest BCUT2D eigenvalue weighted by molar-refractivity contribution is 7.98. The van der Waals surface area contributed by atoms with E-state index in [1.54, 1.807) is 18.0 Å². The zero-order chi connectivity index (χ0) is 12.1. The summed E-state index contributed by atoms with van der Waals surface area (Å²) in [6.45, 7) is 0. The SMILES string of the molecule is NNc1ncccc1CSc1ccc(Cl)cc1. The summed E-state index contributed by atoms with van der Waals surface area (Å²) in [5.74, 6) is 6.93. The molecule has 0 radical (unpaired) electrons. The van der Waals surface area contributed by atoms with Gasteiger partial charge < -0.3 is 5.43 Å². The maximum atomic E-state index is 5.83. The number of benzene rings is 1. The first-order valence-electron chi connectivity index (χ1n) is 5.08. The van der Waals surface area contributed by atoms with Crippen molar-refractivity contribution in [1.82, 2.24) is 4.98 Å². The third-order valence-corrected chi connectivity index (χ3v) is 3.55. The molecule has 2 rings (SSSR count). The van der Waals surface area contributed by atoms with Gasteiger partial charge in [-0.1, -0.05) is 17.7 Å². The molecule has 0 atom stereocenters. The lowest BCUT2D eigenvalue weighted by atomic mass is 10.3. The fraction of sp³-hybridized carbons (Fsp3) is 0.0833. The number of hydrazine groups is 1. The van der Waals surface area contributed by atoms with E-state index in [2.05, 4.69) is 10.4 Å². The number of nitrogen functional groups attached to an aromatic ring is 1. The molecule has 0 unspecified atom stereocenters. The van der Waals surface area contributed by atoms with Crippen LogP contribution in [0.2, 0.25) is 5.02 Å². The average Bonchev–Trinajstić information content (AvgIpc) is 2.38. The number of thioether (sulfide) groups is 1. The zero-order valence-electron chi connectivity index (χ0n) is 9.06. The minimum atomic E-state index is 0.717. The van der Waals surface area contributed by atoms with Crippen molar-refractivity contribution in [2.24, 2.45) is 5.84 Å². The number of halogens is 1. The van der Waals surface area contributed by atoms with Crippen LogP contribution in [0.4, 0.5) is 5.82 Å². The van der Waals surface area contributed by atoms with E-state index in [-0.39, 0.29) is 0 Å². The maximum absolute atomic E-state index is 5.83. The van der Waals surface area contributed by atoms with Crippen LogP contribution < -0.4 is 11.3 Å². The van der Waals surface area contributed by atoms with Gasteiger partial charge in [0.05, 0.1) is 0 Å². The topological polar surface area (TPSA) is 50.9 Å². The molecule has 3 nitrogen and oxygen atoms in total. The first kappa shape index (κ1) is 12.2. The van der Waals surface area contributed by atoms with Crippen molar-refractivity contribution in [1.29, 1.82) is 0 Å². The number of nitrogens with two attached hydrogens (primary N) is 1. The van der Waals surface area contributed by atoms with Gasteiger partial charge in [-0.15, -0.1) is 11.8 Å². The summed E-state index contributed by atoms with van der Waals surface area (Å²) in [5.41, 5.74) is 3.67. The fourth-order valence-corrected chi connectivity index (χ4v) is 2.39. The molecule has 1 heterocycles. The Balaban J connectivity index is 2.04. The Labute approximate surface area is 109 Å². The molecule has 0 amide bonds. The quantitative estimate of drug-likeness (QED) is 0.506. The lowest BCUT2D eigenvalue weighted by Crippen LogP contribution is -2.10. The molecule has 5 heteroatoms. The van der Waals surface area contributed by atoms with Crippen molar-refractivity contribution in [3.8, 4) is 0 Å². The van der Waals surface area contributed by atoms with Gasteiger partial charge in [0.1, 0.15) is 5.82 Å². The Morgan fingerprint density at radius 2 is 2.00 bits per heavy atom. The van der Waals surface area contributed by atoms with Gasteiger partial charge in [0.25, 0.3) is 0 Å². The molecule has 0 bridgehead atoms. The van der Waals surface area contributed by atoms with E-state index in [0.29, 0.717) is 5.82 Å². The molecule has 3 N–H and O–H groups in total. The van der Waals surface area contributed by atoms with Crippen LogP contribution in [0.15, 0.2) is 47.5 Å². The molecule has 88 valence electrons. The van der Waals surface area contributed by atoms with E-state index in [4.69, 9.17) is 17.4 Å². The maximum Gasteiger partial charge on any atom is 0.143 e. The smallest absolute Gasteiger partial charge is 0.143 e. The van der Waals surface area contributed by atoms with Gasteiger partial charge >= 0.3 is 0 Å². The molecule has 17 heavy (non-hydrogen) atoms. The minimum absolute atomic E-state index is 0.717. The summed E-state index contributed by atoms with van der Waals surface area (Å²) in [6, 6.07) is 11.7. The number of nitrogens with one attached hydrogen (secondary N) is 1. The lowest BCUT2D eigenvalue weighted by molar-refractivity contribution is 1.18. The highest BCUT2D eigenvalue weighted by atomic mass is 35.5. The summed E-state index contributed by atoms with van der Waals surface area (Å²) in [7, 11) is 0. The van der Waals surface area contributed by atoms with E-state index < -0.39 is 0 Å². The summed E-state index contributed by atoms with van der Waals surface area (Å²) in [4.78, 5) is 5.32. The van der Waals surface area contributed by atoms with Crippen LogP contribution >= 0.6 is 23.4 Å². The Morgan fingerprint density at radius 3 is 2.71 bits per heavy atom. The van der Waals surface area contributed by atoms with Crippen LogP contribution in [-0.4, -0.2) is 4.98 Å². The van der Waals surface area contributed by atoms with Crippen LogP contribution in [0.3, 0.4) is 0 Å². The van der Waals surface area contributed by atoms with E-state index in [1.807, 2.05) is 36.4 Å². The molecular formula is C12H12ClN3S. The van der Waals surface area contributed by atoms with Crippen LogP contribution in [0.25, 0.3) is 0 Å². The second kappa shape index (κ2) is 5.91. The van der Waals surface area contributed by atoms with E-state index in [1.165, 1.54) is 4.90 Å². The Kier molecular flexibility index (Phi) is 4.25. The standard InChI is InChI=1S/C12H12ClN3S/c13-10-3-5-11(6-4-10)17-8-9-2-1-7-15-12(9)16-14/h1-7H,8,14H2,(H,15,16). The van der Waals surface area contributed by atoms with Crippen molar-refractivity contribution >= 4 is 29.2 Å². The van der Waals surface area contributed by atoms with Gasteiger partial charge in [-0.05, 0) is 30.3 Å². The number of anilines is 1. The predicted octanol–water partition coefficient (Wildman–Crippen LogP) is 3.31. The minimum Gasteiger partial charge on any atom is -0.308 e. The Hall–Kier alpha value is -1.23. The summed E-state index contributed by atoms with van der Waals surface area (Å²) in [6.07, 6.45) is 1.71. The largest absolute Gasteiger partial charge is 0.308 e. The zero-order valence-corrected chi connectivity index (χ0v) is 10.6. The van der Waals surface area contributed by atoms with E-state index in [9.17, 15) is 0 Å². The molecule has 0 aliphatic carbocycles. The van der Waals surface area contributed by atoms with Crippen molar-refractivity contribution in [3.05, 3.63) is 53.2 Å². The number of hydrogen-bond acceptors (Lipinski definition) is 4. The second-order valence-electron chi connectivity index (χ2n) is 3.40. The van der Waals surface area contributed by atoms with Gasteiger partial charge in [0, 0.05) is 27.4 Å². The van der Waals surface area contributed by atoms with Crippen molar-refractivity contribution in [2.45, 2.75) is 10.6 Å². The molecule has 1 aromatic heterocycles. The van der Waals surface area contributed by atoms with E-state index in [0.717, 1.165) is 16.3 Å². The average molecular weight is 266 g/mol. The van der Waals surface area contributed by atoms with Crippen LogP contribution in [0.5, 0.6) is 0 Å². The Bertz CT molecular complexity index is 487. The molecule has 0 aliphatic heterocycles. The third-order valence-electron chi connectivity index (χ3n) is 2.24. The van der Waals surface area contributed by atoms with Gasteiger partial charge in [0.15, 0.2) is 0 Å². The first-order valence-corrected chi connectivity index (χ1v) is 6.45. The normalized spacial score (nSPS) is 10.2. The highest BCUT2D eigenvalue weighted by Gasteiger charge is 2.02. The lowest BCUT2D eigenvalue weighted by Gasteiger charge is -2.07. The summed E-state index contributed by atoms with van der Waals surface area (Å²) < 4.78 is 0. The number of nitrogens with zero attached hydrogens (tertiary/aromatic N) is 1. The van der Waals surface area contributed by atoms with Gasteiger partial charge in [-0.3, -0.25) is 0 Å². The monoisotopic (exact) mass is 265 g/mol. The van der Waals surface area contributed by atoms with Crippen LogP contribution in [0.1, 0.15) is 5.56 Å². The van der Waals surface area contributed by atoms with Gasteiger partial charge in [-0.25, -0.2) is 10.8 Å². The van der Waals surface area contributed by atoms with Crippen molar-refractivity contribution in [2.75, 3.05) is 5.43 Å². The number of aromatic nitrogens is 1. The van der Waals surface area contributed by atoms with Crippen LogP contribution in [-0.2, 0) is 5.75 Å². The van der Waals surface area contributed by atoms with Gasteiger partial charge in [0.2, 0.25) is 0 Å². The van der Waals surface area contributed by atoms with Crippen LogP contribution in [0, 0.1) is 0 Å². The summed E-state index contributed by atoms with van der Waals surface area (Å²) in [5, 5.41) is 0.750. The molecule has 2 aromatic rings. The fourth-order valence-electron chi connectivity index (χ4n) is 1.38. The first-order chi connectivity index (χ1) is 8.29. The number of hydrogen-bond donors (Lipinski definition) is 2. The molecule has 0 saturated carbocycles.